The van der Waals surface area contributed by atoms with Crippen LogP contribution in [0.15, 0.2) is 47.4 Å². The molecule has 0 bridgehead atoms. The van der Waals surface area contributed by atoms with E-state index in [0.717, 1.165) is 12.1 Å². The molecule has 1 aromatic heterocycles. The third-order valence-electron chi connectivity index (χ3n) is 5.25. The van der Waals surface area contributed by atoms with Crippen molar-refractivity contribution in [3.63, 3.8) is 0 Å². The number of nitrogens with one attached hydrogen (secondary N) is 1. The van der Waals surface area contributed by atoms with E-state index in [0.29, 0.717) is 29.1 Å². The fourth-order valence-electron chi connectivity index (χ4n) is 3.48. The van der Waals surface area contributed by atoms with Crippen molar-refractivity contribution in [3.05, 3.63) is 69.5 Å². The van der Waals surface area contributed by atoms with Gasteiger partial charge in [-0.15, -0.1) is 0 Å². The van der Waals surface area contributed by atoms with E-state index in [4.69, 9.17) is 9.47 Å². The van der Waals surface area contributed by atoms with Crippen LogP contribution >= 0.6 is 0 Å². The van der Waals surface area contributed by atoms with Gasteiger partial charge in [-0.2, -0.15) is 13.2 Å². The summed E-state index contributed by atoms with van der Waals surface area (Å²) >= 11 is 0. The van der Waals surface area contributed by atoms with Gasteiger partial charge in [-0.3, -0.25) is 9.59 Å². The second kappa shape index (κ2) is 8.94. The van der Waals surface area contributed by atoms with Crippen LogP contribution in [0.3, 0.4) is 0 Å². The maximum absolute atomic E-state index is 13.2. The van der Waals surface area contributed by atoms with E-state index in [1.54, 1.807) is 36.6 Å². The molecule has 0 aliphatic carbocycles. The Hall–Kier alpha value is -3.49. The average Bonchev–Trinajstić information content (AvgIpc) is 2.77. The first kappa shape index (κ1) is 23.2. The molecule has 1 N–H and O–H groups in total. The van der Waals surface area contributed by atoms with Gasteiger partial charge in [-0.1, -0.05) is 6.07 Å². The third-order valence-corrected chi connectivity index (χ3v) is 5.25. The lowest BCUT2D eigenvalue weighted by atomic mass is 10.1. The van der Waals surface area contributed by atoms with Crippen LogP contribution in [0.2, 0.25) is 0 Å². The first-order chi connectivity index (χ1) is 15.1. The lowest BCUT2D eigenvalue weighted by molar-refractivity contribution is -0.137. The Morgan fingerprint density at radius 1 is 1.09 bits per heavy atom. The summed E-state index contributed by atoms with van der Waals surface area (Å²) in [5.74, 6) is 0.319. The highest BCUT2D eigenvalue weighted by Gasteiger charge is 2.31. The number of ether oxygens (including phenoxy) is 2. The van der Waals surface area contributed by atoms with Gasteiger partial charge in [-0.25, -0.2) is 0 Å². The summed E-state index contributed by atoms with van der Waals surface area (Å²) in [7, 11) is 2.99. The quantitative estimate of drug-likeness (QED) is 0.601. The molecule has 6 nitrogen and oxygen atoms in total. The number of fused-ring (bicyclic) bond motifs is 1. The highest BCUT2D eigenvalue weighted by molar-refractivity contribution is 5.97. The molecular weight excluding hydrogens is 425 g/mol. The number of benzene rings is 2. The summed E-state index contributed by atoms with van der Waals surface area (Å²) in [6, 6.07) is 7.59. The zero-order valence-corrected chi connectivity index (χ0v) is 18.0. The van der Waals surface area contributed by atoms with Crippen molar-refractivity contribution in [3.8, 4) is 11.5 Å². The summed E-state index contributed by atoms with van der Waals surface area (Å²) < 4.78 is 51.5. The number of methoxy groups -OCH3 is 2. The van der Waals surface area contributed by atoms with Crippen molar-refractivity contribution >= 4 is 16.8 Å². The highest BCUT2D eigenvalue weighted by atomic mass is 19.4. The highest BCUT2D eigenvalue weighted by Crippen LogP contribution is 2.31. The summed E-state index contributed by atoms with van der Waals surface area (Å²) in [4.78, 5) is 25.9. The van der Waals surface area contributed by atoms with E-state index in [1.807, 2.05) is 0 Å². The van der Waals surface area contributed by atoms with Crippen molar-refractivity contribution in [2.24, 2.45) is 0 Å². The molecule has 3 rings (SSSR count). The molecule has 0 radical (unpaired) electrons. The van der Waals surface area contributed by atoms with Crippen molar-refractivity contribution in [2.45, 2.75) is 32.6 Å². The van der Waals surface area contributed by atoms with Gasteiger partial charge in [0.1, 0.15) is 5.56 Å². The molecule has 0 saturated heterocycles. The Labute approximate surface area is 182 Å². The number of rotatable bonds is 6. The minimum Gasteiger partial charge on any atom is -0.493 e. The molecule has 0 spiro atoms. The van der Waals surface area contributed by atoms with E-state index >= 15 is 0 Å². The predicted octanol–water partition coefficient (Wildman–Crippen LogP) is 4.55. The van der Waals surface area contributed by atoms with Gasteiger partial charge in [0, 0.05) is 18.1 Å². The summed E-state index contributed by atoms with van der Waals surface area (Å²) in [6.45, 7) is 3.86. The van der Waals surface area contributed by atoms with E-state index in [9.17, 15) is 22.8 Å². The molecule has 9 heteroatoms. The van der Waals surface area contributed by atoms with Crippen LogP contribution in [0.25, 0.3) is 10.9 Å². The second-order valence-corrected chi connectivity index (χ2v) is 7.20. The molecule has 2 aromatic carbocycles. The number of hydrogen-bond donors (Lipinski definition) is 1. The van der Waals surface area contributed by atoms with Gasteiger partial charge >= 0.3 is 6.18 Å². The Morgan fingerprint density at radius 3 is 2.38 bits per heavy atom. The van der Waals surface area contributed by atoms with Crippen LogP contribution in [-0.2, 0) is 12.7 Å². The lowest BCUT2D eigenvalue weighted by Crippen LogP contribution is -2.32. The molecule has 1 heterocycles. The van der Waals surface area contributed by atoms with Crippen molar-refractivity contribution in [2.75, 3.05) is 14.2 Å². The Balaban J connectivity index is 2.00. The zero-order chi connectivity index (χ0) is 23.6. The van der Waals surface area contributed by atoms with Gasteiger partial charge in [0.05, 0.1) is 31.3 Å². The van der Waals surface area contributed by atoms with E-state index in [1.165, 1.54) is 26.5 Å². The molecule has 3 aromatic rings. The summed E-state index contributed by atoms with van der Waals surface area (Å²) in [6.07, 6.45) is -3.23. The molecule has 0 saturated carbocycles. The van der Waals surface area contributed by atoms with Crippen LogP contribution in [0.1, 0.15) is 41.4 Å². The predicted molar refractivity (Wildman–Crippen MR) is 114 cm³/mol. The average molecular weight is 448 g/mol. The molecule has 0 fully saturated rings. The number of carbonyl (C=O) groups excluding carboxylic acids is 1. The molecule has 1 amide bonds. The lowest BCUT2D eigenvalue weighted by Gasteiger charge is -2.18. The van der Waals surface area contributed by atoms with E-state index in [2.05, 4.69) is 5.32 Å². The number of pyridine rings is 1. The maximum atomic E-state index is 13.2. The number of aryl methyl sites for hydroxylation is 1. The normalized spacial score (nSPS) is 12.5. The fourth-order valence-corrected chi connectivity index (χ4v) is 3.48. The first-order valence-electron chi connectivity index (χ1n) is 9.87. The van der Waals surface area contributed by atoms with Crippen LogP contribution in [-0.4, -0.2) is 24.7 Å². The third kappa shape index (κ3) is 4.42. The molecule has 170 valence electrons. The number of alkyl halides is 3. The van der Waals surface area contributed by atoms with Crippen molar-refractivity contribution < 1.29 is 27.4 Å². The smallest absolute Gasteiger partial charge is 0.416 e. The summed E-state index contributed by atoms with van der Waals surface area (Å²) in [5, 5.41) is 2.57. The largest absolute Gasteiger partial charge is 0.493 e. The van der Waals surface area contributed by atoms with Gasteiger partial charge in [0.15, 0.2) is 11.5 Å². The van der Waals surface area contributed by atoms with Gasteiger partial charge < -0.3 is 19.4 Å². The first-order valence-corrected chi connectivity index (χ1v) is 9.87. The van der Waals surface area contributed by atoms with Gasteiger partial charge in [0.2, 0.25) is 5.43 Å². The number of hydrogen-bond acceptors (Lipinski definition) is 4. The summed E-state index contributed by atoms with van der Waals surface area (Å²) in [5.41, 5.74) is -0.901. The second-order valence-electron chi connectivity index (χ2n) is 7.20. The van der Waals surface area contributed by atoms with Crippen LogP contribution < -0.4 is 20.2 Å². The minimum absolute atomic E-state index is 0.159. The molecule has 0 aliphatic rings. The monoisotopic (exact) mass is 448 g/mol. The van der Waals surface area contributed by atoms with Crippen LogP contribution in [0.4, 0.5) is 13.2 Å². The number of aromatic nitrogens is 1. The molecule has 0 aliphatic heterocycles. The van der Waals surface area contributed by atoms with Crippen LogP contribution in [0.5, 0.6) is 11.5 Å². The molecular formula is C23H23F3N2O4. The fraction of sp³-hybridized carbons (Fsp3) is 0.304. The van der Waals surface area contributed by atoms with Gasteiger partial charge in [-0.05, 0) is 49.7 Å². The number of carbonyl (C=O) groups is 1. The topological polar surface area (TPSA) is 69.6 Å². The van der Waals surface area contributed by atoms with Crippen molar-refractivity contribution in [1.82, 2.24) is 9.88 Å². The Morgan fingerprint density at radius 2 is 1.78 bits per heavy atom. The van der Waals surface area contributed by atoms with Gasteiger partial charge in [0.25, 0.3) is 5.91 Å². The molecule has 32 heavy (non-hydrogen) atoms. The molecule has 1 atom stereocenters. The van der Waals surface area contributed by atoms with E-state index in [-0.39, 0.29) is 10.9 Å². The standard InChI is InChI=1S/C23H23F3N2O4/c1-5-28-12-17(21(29)16-11-15(23(24,25)26)7-8-18(16)28)22(30)27-13(2)14-6-9-19(31-3)20(10-14)32-4/h6-13H,5H2,1-4H3,(H,27,30). The van der Waals surface area contributed by atoms with Crippen LogP contribution in [0, 0.1) is 0 Å². The zero-order valence-electron chi connectivity index (χ0n) is 18.0. The van der Waals surface area contributed by atoms with Crippen molar-refractivity contribution in [1.29, 1.82) is 0 Å². The number of halogens is 3. The Kier molecular flexibility index (Phi) is 6.47. The number of nitrogens with zero attached hydrogens (tertiary/aromatic N) is 1. The molecule has 1 unspecified atom stereocenters. The number of amides is 1. The Bertz CT molecular complexity index is 1220. The van der Waals surface area contributed by atoms with E-state index < -0.39 is 29.1 Å². The SMILES string of the molecule is CCn1cc(C(=O)NC(C)c2ccc(OC)c(OC)c2)c(=O)c2cc(C(F)(F)F)ccc21. The maximum Gasteiger partial charge on any atom is 0.416 e. The minimum atomic E-state index is -4.60.